The van der Waals surface area contributed by atoms with E-state index >= 15 is 0 Å². The summed E-state index contributed by atoms with van der Waals surface area (Å²) in [7, 11) is 0. The molecule has 2 N–H and O–H groups in total. The van der Waals surface area contributed by atoms with E-state index in [-0.39, 0.29) is 0 Å². The number of H-pyrrole nitrogens is 1. The molecule has 0 saturated heterocycles. The van der Waals surface area contributed by atoms with Gasteiger partial charge in [-0.1, -0.05) is 19.1 Å². The lowest BCUT2D eigenvalue weighted by Crippen LogP contribution is -2.38. The minimum atomic E-state index is 0.359. The maximum atomic E-state index is 4.38. The fraction of sp³-hybridized carbons (Fsp3) is 0.667. The molecule has 1 fully saturated rings. The Morgan fingerprint density at radius 1 is 1.44 bits per heavy atom. The van der Waals surface area contributed by atoms with Crippen LogP contribution < -0.4 is 5.32 Å². The first-order chi connectivity index (χ1) is 8.78. The molecular formula is C15H23N3. The number of hydrogen-bond acceptors (Lipinski definition) is 2. The molecule has 1 aromatic rings. The van der Waals surface area contributed by atoms with E-state index in [1.165, 1.54) is 12.8 Å². The maximum absolute atomic E-state index is 4.38. The highest BCUT2D eigenvalue weighted by molar-refractivity contribution is 5.12. The van der Waals surface area contributed by atoms with Gasteiger partial charge in [0, 0.05) is 18.4 Å². The summed E-state index contributed by atoms with van der Waals surface area (Å²) in [5.74, 6) is 3.55. The van der Waals surface area contributed by atoms with E-state index in [1.807, 2.05) is 12.4 Å². The van der Waals surface area contributed by atoms with Crippen LogP contribution in [0.5, 0.6) is 0 Å². The third-order valence-corrected chi connectivity index (χ3v) is 4.69. The Balaban J connectivity index is 1.63. The summed E-state index contributed by atoms with van der Waals surface area (Å²) in [5.41, 5.74) is 0. The molecule has 18 heavy (non-hydrogen) atoms. The minimum absolute atomic E-state index is 0.359. The van der Waals surface area contributed by atoms with Gasteiger partial charge in [-0.15, -0.1) is 0 Å². The lowest BCUT2D eigenvalue weighted by atomic mass is 9.87. The molecule has 0 aliphatic heterocycles. The van der Waals surface area contributed by atoms with Gasteiger partial charge in [0.2, 0.25) is 0 Å². The van der Waals surface area contributed by atoms with Crippen molar-refractivity contribution in [2.75, 3.05) is 0 Å². The molecule has 1 heterocycles. The van der Waals surface area contributed by atoms with Crippen molar-refractivity contribution in [3.05, 3.63) is 30.4 Å². The van der Waals surface area contributed by atoms with Crippen LogP contribution >= 0.6 is 0 Å². The first kappa shape index (κ1) is 12.0. The van der Waals surface area contributed by atoms with Crippen LogP contribution in [0.3, 0.4) is 0 Å². The van der Waals surface area contributed by atoms with E-state index in [1.54, 1.807) is 0 Å². The van der Waals surface area contributed by atoms with Gasteiger partial charge in [0.05, 0.1) is 6.04 Å². The van der Waals surface area contributed by atoms with Gasteiger partial charge in [-0.05, 0) is 43.9 Å². The van der Waals surface area contributed by atoms with Crippen molar-refractivity contribution in [3.8, 4) is 0 Å². The topological polar surface area (TPSA) is 40.7 Å². The number of fused-ring (bicyclic) bond motifs is 2. The zero-order valence-electron chi connectivity index (χ0n) is 11.3. The standard InChI is InChI=1S/C15H23N3/c1-3-14(15-16-6-7-17-15)18-10(2)13-9-11-4-5-12(13)8-11/h4-7,10-14,18H,3,8-9H2,1-2H3,(H,16,17). The number of nitrogens with one attached hydrogen (secondary N) is 2. The Kier molecular flexibility index (Phi) is 3.25. The third kappa shape index (κ3) is 2.12. The normalized spacial score (nSPS) is 32.9. The Bertz CT molecular complexity index is 409. The summed E-state index contributed by atoms with van der Waals surface area (Å²) < 4.78 is 0. The van der Waals surface area contributed by atoms with Crippen LogP contribution in [0.25, 0.3) is 0 Å². The monoisotopic (exact) mass is 245 g/mol. The van der Waals surface area contributed by atoms with E-state index in [0.717, 1.165) is 30.0 Å². The van der Waals surface area contributed by atoms with Crippen LogP contribution in [-0.2, 0) is 0 Å². The zero-order valence-corrected chi connectivity index (χ0v) is 11.3. The van der Waals surface area contributed by atoms with Crippen LogP contribution in [0.4, 0.5) is 0 Å². The molecular weight excluding hydrogens is 222 g/mol. The number of hydrogen-bond donors (Lipinski definition) is 2. The van der Waals surface area contributed by atoms with Gasteiger partial charge in [0.25, 0.3) is 0 Å². The Labute approximate surface area is 109 Å². The molecule has 3 rings (SSSR count). The van der Waals surface area contributed by atoms with Crippen molar-refractivity contribution in [1.82, 2.24) is 15.3 Å². The van der Waals surface area contributed by atoms with E-state index in [4.69, 9.17) is 0 Å². The largest absolute Gasteiger partial charge is 0.347 e. The molecule has 0 aromatic carbocycles. The maximum Gasteiger partial charge on any atom is 0.123 e. The second-order valence-electron chi connectivity index (χ2n) is 5.83. The van der Waals surface area contributed by atoms with Crippen molar-refractivity contribution in [1.29, 1.82) is 0 Å². The predicted octanol–water partition coefficient (Wildman–Crippen LogP) is 3.05. The molecule has 3 nitrogen and oxygen atoms in total. The zero-order chi connectivity index (χ0) is 12.5. The molecule has 0 spiro atoms. The predicted molar refractivity (Wildman–Crippen MR) is 73.1 cm³/mol. The van der Waals surface area contributed by atoms with E-state index in [2.05, 4.69) is 41.3 Å². The summed E-state index contributed by atoms with van der Waals surface area (Å²) in [6.07, 6.45) is 12.4. The Morgan fingerprint density at radius 3 is 2.89 bits per heavy atom. The van der Waals surface area contributed by atoms with Gasteiger partial charge in [-0.3, -0.25) is 0 Å². The van der Waals surface area contributed by atoms with Gasteiger partial charge in [-0.25, -0.2) is 4.98 Å². The Morgan fingerprint density at radius 2 is 2.33 bits per heavy atom. The molecule has 2 aliphatic rings. The molecule has 98 valence electrons. The lowest BCUT2D eigenvalue weighted by Gasteiger charge is -2.29. The van der Waals surface area contributed by atoms with Gasteiger partial charge >= 0.3 is 0 Å². The highest BCUT2D eigenvalue weighted by Gasteiger charge is 2.38. The fourth-order valence-electron chi connectivity index (χ4n) is 3.70. The van der Waals surface area contributed by atoms with Crippen molar-refractivity contribution in [3.63, 3.8) is 0 Å². The molecule has 5 unspecified atom stereocenters. The highest BCUT2D eigenvalue weighted by atomic mass is 15.0. The third-order valence-electron chi connectivity index (χ3n) is 4.69. The van der Waals surface area contributed by atoms with Crippen LogP contribution in [0.2, 0.25) is 0 Å². The van der Waals surface area contributed by atoms with Gasteiger partial charge in [0.1, 0.15) is 5.82 Å². The summed E-state index contributed by atoms with van der Waals surface area (Å²) >= 11 is 0. The molecule has 0 amide bonds. The number of aromatic nitrogens is 2. The lowest BCUT2D eigenvalue weighted by molar-refractivity contribution is 0.294. The van der Waals surface area contributed by atoms with E-state index in [9.17, 15) is 0 Å². The summed E-state index contributed by atoms with van der Waals surface area (Å²) in [4.78, 5) is 7.61. The quantitative estimate of drug-likeness (QED) is 0.783. The summed E-state index contributed by atoms with van der Waals surface area (Å²) in [5, 5.41) is 3.77. The molecule has 2 bridgehead atoms. The minimum Gasteiger partial charge on any atom is -0.347 e. The van der Waals surface area contributed by atoms with Gasteiger partial charge in [0.15, 0.2) is 0 Å². The smallest absolute Gasteiger partial charge is 0.123 e. The van der Waals surface area contributed by atoms with Crippen molar-refractivity contribution < 1.29 is 0 Å². The summed E-state index contributed by atoms with van der Waals surface area (Å²) in [6.45, 7) is 4.55. The average molecular weight is 245 g/mol. The average Bonchev–Trinajstić information content (AvgIpc) is 3.10. The van der Waals surface area contributed by atoms with Gasteiger partial charge < -0.3 is 10.3 Å². The molecule has 1 saturated carbocycles. The first-order valence-corrected chi connectivity index (χ1v) is 7.21. The first-order valence-electron chi connectivity index (χ1n) is 7.21. The number of nitrogens with zero attached hydrogens (tertiary/aromatic N) is 1. The van der Waals surface area contributed by atoms with Gasteiger partial charge in [-0.2, -0.15) is 0 Å². The fourth-order valence-corrected chi connectivity index (χ4v) is 3.70. The summed E-state index contributed by atoms with van der Waals surface area (Å²) in [6, 6.07) is 0.929. The van der Waals surface area contributed by atoms with Crippen LogP contribution in [-0.4, -0.2) is 16.0 Å². The molecule has 5 atom stereocenters. The van der Waals surface area contributed by atoms with Crippen LogP contribution in [0.15, 0.2) is 24.5 Å². The second-order valence-corrected chi connectivity index (χ2v) is 5.83. The van der Waals surface area contributed by atoms with Crippen molar-refractivity contribution in [2.45, 2.75) is 45.2 Å². The van der Waals surface area contributed by atoms with Crippen LogP contribution in [0.1, 0.15) is 45.0 Å². The molecule has 2 aliphatic carbocycles. The Hall–Kier alpha value is -1.09. The highest BCUT2D eigenvalue weighted by Crippen LogP contribution is 2.45. The second kappa shape index (κ2) is 4.88. The number of rotatable bonds is 5. The van der Waals surface area contributed by atoms with E-state index in [0.29, 0.717) is 12.1 Å². The number of aromatic amines is 1. The van der Waals surface area contributed by atoms with Crippen LogP contribution in [0, 0.1) is 17.8 Å². The number of imidazole rings is 1. The molecule has 3 heteroatoms. The SMILES string of the molecule is CCC(NC(C)C1CC2C=CC1C2)c1ncc[nH]1. The van der Waals surface area contributed by atoms with E-state index < -0.39 is 0 Å². The number of allylic oxidation sites excluding steroid dienone is 2. The molecule has 0 radical (unpaired) electrons. The van der Waals surface area contributed by atoms with Crippen molar-refractivity contribution >= 4 is 0 Å². The molecule has 1 aromatic heterocycles. The van der Waals surface area contributed by atoms with Crippen molar-refractivity contribution in [2.24, 2.45) is 17.8 Å².